The third kappa shape index (κ3) is 3.81. The molecule has 0 saturated carbocycles. The largest absolute Gasteiger partial charge is 0.309 e. The van der Waals surface area contributed by atoms with E-state index in [2.05, 4.69) is 167 Å². The third-order valence-electron chi connectivity index (χ3n) is 9.90. The molecule has 0 unspecified atom stereocenters. The first kappa shape index (κ1) is 26.6. The Morgan fingerprint density at radius 3 is 1.83 bits per heavy atom. The zero-order valence-corrected chi connectivity index (χ0v) is 25.9. The van der Waals surface area contributed by atoms with E-state index in [1.807, 2.05) is 12.1 Å². The lowest BCUT2D eigenvalue weighted by atomic mass is 9.99. The molecule has 0 bridgehead atoms. The van der Waals surface area contributed by atoms with Crippen LogP contribution in [0.15, 0.2) is 164 Å². The average molecular weight is 610 g/mol. The van der Waals surface area contributed by atoms with Crippen molar-refractivity contribution in [1.82, 2.24) is 9.13 Å². The standard InChI is InChI=1S/C45H27N3/c46-28-29-17-22-35-30(25-29)18-19-31-26-34(21-23-36(31)35)48-43-16-7-4-11-38(43)40-14-8-13-37(45(40)48)32-20-24-44-41(27-32)39-12-5-6-15-42(39)47(44)33-9-2-1-3-10-33/h1-27H. The summed E-state index contributed by atoms with van der Waals surface area (Å²) in [6.45, 7) is 0. The maximum absolute atomic E-state index is 9.42. The molecule has 10 aromatic rings. The molecule has 2 heterocycles. The Balaban J connectivity index is 1.24. The van der Waals surface area contributed by atoms with Gasteiger partial charge in [-0.3, -0.25) is 0 Å². The van der Waals surface area contributed by atoms with Crippen molar-refractivity contribution in [1.29, 1.82) is 5.26 Å². The molecule has 3 heteroatoms. The molecule has 0 aliphatic rings. The molecule has 0 radical (unpaired) electrons. The number of rotatable bonds is 3. The van der Waals surface area contributed by atoms with Crippen molar-refractivity contribution in [2.45, 2.75) is 0 Å². The third-order valence-corrected chi connectivity index (χ3v) is 9.90. The van der Waals surface area contributed by atoms with Crippen molar-refractivity contribution < 1.29 is 0 Å². The van der Waals surface area contributed by atoms with Crippen LogP contribution in [0.1, 0.15) is 5.56 Å². The van der Waals surface area contributed by atoms with Crippen LogP contribution >= 0.6 is 0 Å². The van der Waals surface area contributed by atoms with E-state index in [1.165, 1.54) is 65.5 Å². The first-order valence-corrected chi connectivity index (χ1v) is 16.2. The zero-order valence-electron chi connectivity index (χ0n) is 25.9. The van der Waals surface area contributed by atoms with Gasteiger partial charge in [0.1, 0.15) is 0 Å². The molecular weight excluding hydrogens is 583 g/mol. The van der Waals surface area contributed by atoms with E-state index in [-0.39, 0.29) is 0 Å². The van der Waals surface area contributed by atoms with Crippen molar-refractivity contribution in [2.75, 3.05) is 0 Å². The minimum absolute atomic E-state index is 0.680. The predicted octanol–water partition coefficient (Wildman–Crippen LogP) is 11.7. The summed E-state index contributed by atoms with van der Waals surface area (Å²) >= 11 is 0. The molecule has 0 fully saturated rings. The van der Waals surface area contributed by atoms with Gasteiger partial charge in [0.25, 0.3) is 0 Å². The fourth-order valence-electron chi connectivity index (χ4n) is 7.78. The van der Waals surface area contributed by atoms with Gasteiger partial charge in [-0.2, -0.15) is 5.26 Å². The van der Waals surface area contributed by atoms with Gasteiger partial charge in [0.15, 0.2) is 0 Å². The van der Waals surface area contributed by atoms with Crippen LogP contribution in [0.5, 0.6) is 0 Å². The zero-order chi connectivity index (χ0) is 31.8. The van der Waals surface area contributed by atoms with Crippen molar-refractivity contribution in [3.8, 4) is 28.6 Å². The molecule has 3 nitrogen and oxygen atoms in total. The molecule has 0 aliphatic heterocycles. The van der Waals surface area contributed by atoms with Gasteiger partial charge in [-0.1, -0.05) is 103 Å². The number of fused-ring (bicyclic) bond motifs is 9. The number of hydrogen-bond donors (Lipinski definition) is 0. The topological polar surface area (TPSA) is 33.6 Å². The molecule has 0 saturated heterocycles. The lowest BCUT2D eigenvalue weighted by Crippen LogP contribution is -1.96. The number of benzene rings is 8. The molecular formula is C45H27N3. The van der Waals surface area contributed by atoms with E-state index in [9.17, 15) is 5.26 Å². The van der Waals surface area contributed by atoms with Gasteiger partial charge in [-0.25, -0.2) is 0 Å². The summed E-state index contributed by atoms with van der Waals surface area (Å²) in [7, 11) is 0. The Hall–Kier alpha value is -6.63. The van der Waals surface area contributed by atoms with Crippen LogP contribution in [0.25, 0.3) is 87.7 Å². The highest BCUT2D eigenvalue weighted by molar-refractivity contribution is 6.16. The summed E-state index contributed by atoms with van der Waals surface area (Å²) in [5.74, 6) is 0. The van der Waals surface area contributed by atoms with Crippen LogP contribution in [0.3, 0.4) is 0 Å². The summed E-state index contributed by atoms with van der Waals surface area (Å²) in [6.07, 6.45) is 0. The first-order chi connectivity index (χ1) is 23.8. The summed E-state index contributed by atoms with van der Waals surface area (Å²) in [5, 5.41) is 19.0. The molecule has 222 valence electrons. The highest BCUT2D eigenvalue weighted by Crippen LogP contribution is 2.41. The van der Waals surface area contributed by atoms with E-state index in [0.29, 0.717) is 5.56 Å². The fraction of sp³-hybridized carbons (Fsp3) is 0. The van der Waals surface area contributed by atoms with Crippen LogP contribution in [-0.2, 0) is 0 Å². The average Bonchev–Trinajstić information content (AvgIpc) is 3.67. The molecule has 0 amide bonds. The quantitative estimate of drug-likeness (QED) is 0.183. The second-order valence-electron chi connectivity index (χ2n) is 12.5. The lowest BCUT2D eigenvalue weighted by molar-refractivity contribution is 1.18. The predicted molar refractivity (Wildman–Crippen MR) is 200 cm³/mol. The number of nitriles is 1. The minimum atomic E-state index is 0.680. The second kappa shape index (κ2) is 10.2. The van der Waals surface area contributed by atoms with Gasteiger partial charge >= 0.3 is 0 Å². The molecule has 0 N–H and O–H groups in total. The van der Waals surface area contributed by atoms with Crippen LogP contribution in [0.4, 0.5) is 0 Å². The summed E-state index contributed by atoms with van der Waals surface area (Å²) in [4.78, 5) is 0. The van der Waals surface area contributed by atoms with Crippen LogP contribution in [-0.4, -0.2) is 9.13 Å². The van der Waals surface area contributed by atoms with E-state index >= 15 is 0 Å². The molecule has 2 aromatic heterocycles. The molecule has 48 heavy (non-hydrogen) atoms. The lowest BCUT2D eigenvalue weighted by Gasteiger charge is -2.14. The maximum atomic E-state index is 9.42. The van der Waals surface area contributed by atoms with Crippen LogP contribution in [0.2, 0.25) is 0 Å². The van der Waals surface area contributed by atoms with Gasteiger partial charge < -0.3 is 9.13 Å². The monoisotopic (exact) mass is 609 g/mol. The van der Waals surface area contributed by atoms with E-state index in [0.717, 1.165) is 22.1 Å². The van der Waals surface area contributed by atoms with Crippen molar-refractivity contribution in [3.63, 3.8) is 0 Å². The maximum Gasteiger partial charge on any atom is 0.0991 e. The Kier molecular flexibility index (Phi) is 5.64. The molecule has 10 rings (SSSR count). The van der Waals surface area contributed by atoms with Gasteiger partial charge in [0.2, 0.25) is 0 Å². The number of aromatic nitrogens is 2. The Morgan fingerprint density at radius 2 is 1.04 bits per heavy atom. The highest BCUT2D eigenvalue weighted by Gasteiger charge is 2.19. The van der Waals surface area contributed by atoms with Gasteiger partial charge in [0.05, 0.1) is 33.7 Å². The van der Waals surface area contributed by atoms with Crippen molar-refractivity contribution in [3.05, 3.63) is 169 Å². The number of hydrogen-bond acceptors (Lipinski definition) is 1. The normalized spacial score (nSPS) is 11.7. The minimum Gasteiger partial charge on any atom is -0.309 e. The fourth-order valence-corrected chi connectivity index (χ4v) is 7.78. The SMILES string of the molecule is N#Cc1ccc2c(ccc3cc(-n4c5ccccc5c5cccc(-c6ccc7c(c6)c6ccccc6n7-c6ccccc6)c54)ccc32)c1. The molecule has 0 aliphatic carbocycles. The highest BCUT2D eigenvalue weighted by atomic mass is 15.0. The second-order valence-corrected chi connectivity index (χ2v) is 12.5. The summed E-state index contributed by atoms with van der Waals surface area (Å²) in [5.41, 5.74) is 10.1. The van der Waals surface area contributed by atoms with Crippen LogP contribution in [0, 0.1) is 11.3 Å². The van der Waals surface area contributed by atoms with E-state index in [4.69, 9.17) is 0 Å². The van der Waals surface area contributed by atoms with Crippen molar-refractivity contribution in [2.24, 2.45) is 0 Å². The molecule has 0 spiro atoms. The smallest absolute Gasteiger partial charge is 0.0991 e. The van der Waals surface area contributed by atoms with E-state index < -0.39 is 0 Å². The van der Waals surface area contributed by atoms with E-state index in [1.54, 1.807) is 0 Å². The summed E-state index contributed by atoms with van der Waals surface area (Å²) in [6, 6.07) is 60.9. The number of nitrogens with zero attached hydrogens (tertiary/aromatic N) is 3. The Labute approximate surface area is 276 Å². The Morgan fingerprint density at radius 1 is 0.396 bits per heavy atom. The Bertz CT molecular complexity index is 2950. The van der Waals surface area contributed by atoms with Gasteiger partial charge in [-0.05, 0) is 87.8 Å². The van der Waals surface area contributed by atoms with Crippen molar-refractivity contribution >= 4 is 65.2 Å². The summed E-state index contributed by atoms with van der Waals surface area (Å²) < 4.78 is 4.80. The molecule has 8 aromatic carbocycles. The first-order valence-electron chi connectivity index (χ1n) is 16.2. The molecule has 0 atom stereocenters. The van der Waals surface area contributed by atoms with Gasteiger partial charge in [0, 0.05) is 38.5 Å². The van der Waals surface area contributed by atoms with Crippen LogP contribution < -0.4 is 0 Å². The van der Waals surface area contributed by atoms with Gasteiger partial charge in [-0.15, -0.1) is 0 Å². The number of para-hydroxylation sites is 4.